The normalized spacial score (nSPS) is 21.4. The molecule has 0 saturated carbocycles. The van der Waals surface area contributed by atoms with Crippen LogP contribution in [0, 0.1) is 5.41 Å². The van der Waals surface area contributed by atoms with Gasteiger partial charge in [-0.2, -0.15) is 0 Å². The van der Waals surface area contributed by atoms with Crippen LogP contribution >= 0.6 is 0 Å². The maximum absolute atomic E-state index is 11.4. The van der Waals surface area contributed by atoms with Crippen molar-refractivity contribution in [2.75, 3.05) is 19.6 Å². The molecule has 1 aliphatic rings. The molecule has 0 atom stereocenters. The van der Waals surface area contributed by atoms with E-state index in [9.17, 15) is 9.90 Å². The molecule has 1 N–H and O–H groups in total. The summed E-state index contributed by atoms with van der Waals surface area (Å²) in [5.74, 6) is -0.597. The van der Waals surface area contributed by atoms with E-state index >= 15 is 0 Å². The predicted molar refractivity (Wildman–Crippen MR) is 65.5 cm³/mol. The molecule has 0 amide bonds. The van der Waals surface area contributed by atoms with Crippen molar-refractivity contribution >= 4 is 5.97 Å². The number of carbonyl (C=O) groups is 1. The second-order valence-corrected chi connectivity index (χ2v) is 4.71. The third kappa shape index (κ3) is 3.08. The molecule has 0 aromatic rings. The molecule has 3 nitrogen and oxygen atoms in total. The van der Waals surface area contributed by atoms with Gasteiger partial charge in [0.1, 0.15) is 0 Å². The van der Waals surface area contributed by atoms with Gasteiger partial charge in [-0.3, -0.25) is 9.69 Å². The molecule has 0 bridgehead atoms. The molecule has 0 aromatic carbocycles. The highest BCUT2D eigenvalue weighted by molar-refractivity contribution is 5.74. The molecule has 3 heteroatoms. The van der Waals surface area contributed by atoms with Crippen LogP contribution in [0.4, 0.5) is 0 Å². The molecular weight excluding hydrogens is 202 g/mol. The minimum atomic E-state index is -0.597. The molecule has 1 heterocycles. The molecule has 1 rings (SSSR count). The highest BCUT2D eigenvalue weighted by Crippen LogP contribution is 2.36. The van der Waals surface area contributed by atoms with E-state index in [0.29, 0.717) is 0 Å². The number of piperidine rings is 1. The fourth-order valence-electron chi connectivity index (χ4n) is 2.47. The first kappa shape index (κ1) is 13.2. The largest absolute Gasteiger partial charge is 0.481 e. The van der Waals surface area contributed by atoms with E-state index in [2.05, 4.69) is 17.9 Å². The average molecular weight is 225 g/mol. The molecular formula is C13H23NO2. The Morgan fingerprint density at radius 1 is 1.44 bits per heavy atom. The molecule has 0 aromatic heterocycles. The van der Waals surface area contributed by atoms with Crippen LogP contribution in [0.3, 0.4) is 0 Å². The van der Waals surface area contributed by atoms with E-state index in [1.165, 1.54) is 0 Å². The Morgan fingerprint density at radius 2 is 2.06 bits per heavy atom. The molecule has 92 valence electrons. The van der Waals surface area contributed by atoms with Gasteiger partial charge < -0.3 is 5.11 Å². The molecule has 0 spiro atoms. The van der Waals surface area contributed by atoms with Crippen LogP contribution in [0.15, 0.2) is 12.2 Å². The lowest BCUT2D eigenvalue weighted by molar-refractivity contribution is -0.152. The van der Waals surface area contributed by atoms with Crippen LogP contribution in [-0.4, -0.2) is 35.6 Å². The van der Waals surface area contributed by atoms with Gasteiger partial charge in [-0.1, -0.05) is 25.5 Å². The zero-order valence-electron chi connectivity index (χ0n) is 10.4. The van der Waals surface area contributed by atoms with Crippen molar-refractivity contribution < 1.29 is 9.90 Å². The predicted octanol–water partition coefficient (Wildman–Crippen LogP) is 2.53. The first-order chi connectivity index (χ1) is 7.64. The molecule has 16 heavy (non-hydrogen) atoms. The second-order valence-electron chi connectivity index (χ2n) is 4.71. The Kier molecular flexibility index (Phi) is 5.00. The van der Waals surface area contributed by atoms with E-state index in [0.717, 1.165) is 45.3 Å². The number of allylic oxidation sites excluding steroid dienone is 1. The van der Waals surface area contributed by atoms with Gasteiger partial charge in [-0.05, 0) is 39.3 Å². The summed E-state index contributed by atoms with van der Waals surface area (Å²) < 4.78 is 0. The molecule has 0 aliphatic carbocycles. The Hall–Kier alpha value is -0.830. The number of carboxylic acid groups (broad SMARTS) is 1. The van der Waals surface area contributed by atoms with E-state index in [1.807, 2.05) is 13.0 Å². The van der Waals surface area contributed by atoms with Crippen molar-refractivity contribution in [1.29, 1.82) is 0 Å². The standard InChI is InChI=1S/C13H23NO2/c1-3-5-9-14-10-7-13(6-4-2,8-11-14)12(15)16/h3,5H,4,6-11H2,1-2H3,(H,15,16). The fraction of sp³-hybridized carbons (Fsp3) is 0.769. The fourth-order valence-corrected chi connectivity index (χ4v) is 2.47. The van der Waals surface area contributed by atoms with Gasteiger partial charge in [0.05, 0.1) is 5.41 Å². The smallest absolute Gasteiger partial charge is 0.309 e. The number of nitrogens with zero attached hydrogens (tertiary/aromatic N) is 1. The summed E-state index contributed by atoms with van der Waals surface area (Å²) in [6.07, 6.45) is 7.56. The van der Waals surface area contributed by atoms with Gasteiger partial charge in [0.25, 0.3) is 0 Å². The van der Waals surface area contributed by atoms with Crippen molar-refractivity contribution in [3.8, 4) is 0 Å². The van der Waals surface area contributed by atoms with E-state index in [-0.39, 0.29) is 0 Å². The highest BCUT2D eigenvalue weighted by atomic mass is 16.4. The van der Waals surface area contributed by atoms with Gasteiger partial charge >= 0.3 is 5.97 Å². The van der Waals surface area contributed by atoms with Crippen LogP contribution < -0.4 is 0 Å². The number of hydrogen-bond acceptors (Lipinski definition) is 2. The summed E-state index contributed by atoms with van der Waals surface area (Å²) in [6, 6.07) is 0. The van der Waals surface area contributed by atoms with Gasteiger partial charge in [-0.15, -0.1) is 0 Å². The van der Waals surface area contributed by atoms with Gasteiger partial charge in [0.2, 0.25) is 0 Å². The summed E-state index contributed by atoms with van der Waals surface area (Å²) in [6.45, 7) is 6.87. The topological polar surface area (TPSA) is 40.5 Å². The lowest BCUT2D eigenvalue weighted by Gasteiger charge is -2.38. The molecule has 1 fully saturated rings. The SMILES string of the molecule is CC=CCN1CCC(CCC)(C(=O)O)CC1. The minimum absolute atomic E-state index is 0.443. The first-order valence-electron chi connectivity index (χ1n) is 6.21. The average Bonchev–Trinajstić information content (AvgIpc) is 2.28. The molecule has 1 saturated heterocycles. The Bertz CT molecular complexity index is 253. The Balaban J connectivity index is 2.52. The molecule has 1 aliphatic heterocycles. The van der Waals surface area contributed by atoms with Gasteiger partial charge in [0.15, 0.2) is 0 Å². The van der Waals surface area contributed by atoms with Crippen LogP contribution in [0.2, 0.25) is 0 Å². The van der Waals surface area contributed by atoms with Crippen molar-refractivity contribution in [1.82, 2.24) is 4.90 Å². The second kappa shape index (κ2) is 6.04. The van der Waals surface area contributed by atoms with E-state index in [1.54, 1.807) is 0 Å². The van der Waals surface area contributed by atoms with Crippen LogP contribution in [0.1, 0.15) is 39.5 Å². The number of aliphatic carboxylic acids is 1. The summed E-state index contributed by atoms with van der Waals surface area (Å²) in [5.41, 5.74) is -0.443. The molecule has 0 radical (unpaired) electrons. The highest BCUT2D eigenvalue weighted by Gasteiger charge is 2.40. The lowest BCUT2D eigenvalue weighted by Crippen LogP contribution is -2.44. The number of carboxylic acids is 1. The third-order valence-electron chi connectivity index (χ3n) is 3.59. The number of hydrogen-bond donors (Lipinski definition) is 1. The van der Waals surface area contributed by atoms with Gasteiger partial charge in [0, 0.05) is 6.54 Å². The van der Waals surface area contributed by atoms with Crippen LogP contribution in [0.5, 0.6) is 0 Å². The van der Waals surface area contributed by atoms with Crippen molar-refractivity contribution in [2.45, 2.75) is 39.5 Å². The van der Waals surface area contributed by atoms with Gasteiger partial charge in [-0.25, -0.2) is 0 Å². The minimum Gasteiger partial charge on any atom is -0.481 e. The maximum atomic E-state index is 11.4. The Morgan fingerprint density at radius 3 is 2.50 bits per heavy atom. The van der Waals surface area contributed by atoms with Crippen molar-refractivity contribution in [3.05, 3.63) is 12.2 Å². The quantitative estimate of drug-likeness (QED) is 0.731. The summed E-state index contributed by atoms with van der Waals surface area (Å²) in [7, 11) is 0. The maximum Gasteiger partial charge on any atom is 0.309 e. The van der Waals surface area contributed by atoms with E-state index < -0.39 is 11.4 Å². The zero-order valence-corrected chi connectivity index (χ0v) is 10.4. The molecule has 0 unspecified atom stereocenters. The Labute approximate surface area is 98.1 Å². The summed E-state index contributed by atoms with van der Waals surface area (Å²) >= 11 is 0. The number of likely N-dealkylation sites (tertiary alicyclic amines) is 1. The lowest BCUT2D eigenvalue weighted by atomic mass is 9.75. The number of rotatable bonds is 5. The van der Waals surface area contributed by atoms with E-state index in [4.69, 9.17) is 0 Å². The van der Waals surface area contributed by atoms with Crippen molar-refractivity contribution in [2.24, 2.45) is 5.41 Å². The van der Waals surface area contributed by atoms with Crippen molar-refractivity contribution in [3.63, 3.8) is 0 Å². The van der Waals surface area contributed by atoms with Crippen LogP contribution in [-0.2, 0) is 4.79 Å². The van der Waals surface area contributed by atoms with Crippen LogP contribution in [0.25, 0.3) is 0 Å². The summed E-state index contributed by atoms with van der Waals surface area (Å²) in [5, 5.41) is 9.35. The third-order valence-corrected chi connectivity index (χ3v) is 3.59. The summed E-state index contributed by atoms with van der Waals surface area (Å²) in [4.78, 5) is 13.7. The zero-order chi connectivity index (χ0) is 12.0. The monoisotopic (exact) mass is 225 g/mol. The first-order valence-corrected chi connectivity index (χ1v) is 6.21.